The Bertz CT molecular complexity index is 989. The summed E-state index contributed by atoms with van der Waals surface area (Å²) in [6, 6.07) is 0. The Balaban J connectivity index is 1.65. The van der Waals surface area contributed by atoms with Gasteiger partial charge in [-0.1, -0.05) is 0 Å². The van der Waals surface area contributed by atoms with Crippen LogP contribution in [0.15, 0.2) is 15.6 Å². The number of aromatic nitrogens is 4. The molecule has 3 heterocycles. The van der Waals surface area contributed by atoms with Crippen molar-refractivity contribution in [1.82, 2.24) is 28.8 Å². The molecule has 0 aromatic carbocycles. The molecular weight excluding hydrogens is 448 g/mol. The van der Waals surface area contributed by atoms with Crippen molar-refractivity contribution in [1.29, 1.82) is 0 Å². The Morgan fingerprint density at radius 3 is 2.25 bits per heavy atom. The van der Waals surface area contributed by atoms with Crippen LogP contribution in [0, 0.1) is 20.8 Å². The predicted octanol–water partition coefficient (Wildman–Crippen LogP) is 1.32. The molecule has 0 N–H and O–H groups in total. The molecule has 0 radical (unpaired) electrons. The number of rotatable bonds is 5. The van der Waals surface area contributed by atoms with Crippen LogP contribution in [0.5, 0.6) is 0 Å². The Hall–Kier alpha value is -1.72. The van der Waals surface area contributed by atoms with E-state index < -0.39 is 10.0 Å². The summed E-state index contributed by atoms with van der Waals surface area (Å²) in [5, 5.41) is 8.60. The third-order valence-corrected chi connectivity index (χ3v) is 8.16. The van der Waals surface area contributed by atoms with E-state index in [4.69, 9.17) is 0 Å². The van der Waals surface area contributed by atoms with Crippen LogP contribution in [-0.4, -0.2) is 69.3 Å². The van der Waals surface area contributed by atoms with Crippen molar-refractivity contribution in [2.75, 3.05) is 26.2 Å². The average molecular weight is 473 g/mol. The van der Waals surface area contributed by atoms with Gasteiger partial charge in [-0.05, 0) is 43.6 Å². The summed E-state index contributed by atoms with van der Waals surface area (Å²) in [5.74, 6) is -0.0647. The van der Waals surface area contributed by atoms with Gasteiger partial charge in [-0.2, -0.15) is 14.5 Å². The average Bonchev–Trinajstić information content (AvgIpc) is 3.17. The van der Waals surface area contributed by atoms with Gasteiger partial charge >= 0.3 is 0 Å². The lowest BCUT2D eigenvalue weighted by atomic mass is 10.3. The maximum absolute atomic E-state index is 12.9. The number of nitrogens with zero attached hydrogens (tertiary/aromatic N) is 6. The van der Waals surface area contributed by atoms with E-state index >= 15 is 0 Å². The summed E-state index contributed by atoms with van der Waals surface area (Å²) >= 11 is 3.46. The first-order valence-corrected chi connectivity index (χ1v) is 11.4. The molecule has 2 aromatic rings. The van der Waals surface area contributed by atoms with Gasteiger partial charge in [-0.15, -0.1) is 0 Å². The molecule has 0 unspecified atom stereocenters. The number of hydrogen-bond donors (Lipinski definition) is 0. The maximum Gasteiger partial charge on any atom is 0.246 e. The molecule has 0 aliphatic carbocycles. The highest BCUT2D eigenvalue weighted by Gasteiger charge is 2.32. The maximum atomic E-state index is 12.9. The van der Waals surface area contributed by atoms with Gasteiger partial charge in [-0.25, -0.2) is 8.42 Å². The van der Waals surface area contributed by atoms with Gasteiger partial charge in [0.1, 0.15) is 11.4 Å². The molecule has 28 heavy (non-hydrogen) atoms. The highest BCUT2D eigenvalue weighted by molar-refractivity contribution is 9.10. The normalized spacial score (nSPS) is 16.0. The molecule has 0 saturated carbocycles. The van der Waals surface area contributed by atoms with Gasteiger partial charge in [0.05, 0.1) is 21.6 Å². The summed E-state index contributed by atoms with van der Waals surface area (Å²) in [5.41, 5.74) is 2.23. The molecule has 11 heteroatoms. The monoisotopic (exact) mass is 472 g/mol. The predicted molar refractivity (Wildman–Crippen MR) is 107 cm³/mol. The van der Waals surface area contributed by atoms with Crippen molar-refractivity contribution >= 4 is 31.9 Å². The summed E-state index contributed by atoms with van der Waals surface area (Å²) in [7, 11) is -3.61. The first-order chi connectivity index (χ1) is 13.1. The van der Waals surface area contributed by atoms with Crippen LogP contribution in [-0.2, 0) is 27.9 Å². The number of halogens is 1. The standard InChI is InChI=1S/C17H25BrN6O3S/c1-5-22-10-15(12(2)19-22)28(26,27)23-8-6-21(7-9-23)16(25)11-24-14(4)17(18)13(3)20-24/h10H,5-9,11H2,1-4H3. The van der Waals surface area contributed by atoms with Crippen molar-refractivity contribution in [2.24, 2.45) is 0 Å². The fourth-order valence-electron chi connectivity index (χ4n) is 3.29. The molecule has 0 bridgehead atoms. The van der Waals surface area contributed by atoms with Gasteiger partial charge in [0.25, 0.3) is 0 Å². The minimum atomic E-state index is -3.61. The van der Waals surface area contributed by atoms with Crippen molar-refractivity contribution < 1.29 is 13.2 Å². The molecule has 154 valence electrons. The van der Waals surface area contributed by atoms with E-state index in [1.807, 2.05) is 20.8 Å². The van der Waals surface area contributed by atoms with Gasteiger partial charge in [0.15, 0.2) is 0 Å². The van der Waals surface area contributed by atoms with Gasteiger partial charge in [0.2, 0.25) is 15.9 Å². The van der Waals surface area contributed by atoms with E-state index in [0.717, 1.165) is 15.9 Å². The fourth-order valence-corrected chi connectivity index (χ4v) is 5.16. The highest BCUT2D eigenvalue weighted by atomic mass is 79.9. The number of carbonyl (C=O) groups excluding carboxylic acids is 1. The van der Waals surface area contributed by atoms with E-state index in [9.17, 15) is 13.2 Å². The third kappa shape index (κ3) is 3.87. The number of hydrogen-bond acceptors (Lipinski definition) is 5. The summed E-state index contributed by atoms with van der Waals surface area (Å²) in [6.07, 6.45) is 1.57. The Morgan fingerprint density at radius 2 is 1.75 bits per heavy atom. The Kier molecular flexibility index (Phi) is 5.97. The molecule has 1 amide bonds. The number of aryl methyl sites for hydroxylation is 3. The highest BCUT2D eigenvalue weighted by Crippen LogP contribution is 2.22. The van der Waals surface area contributed by atoms with Crippen LogP contribution in [0.25, 0.3) is 0 Å². The molecule has 1 aliphatic heterocycles. The largest absolute Gasteiger partial charge is 0.338 e. The Morgan fingerprint density at radius 1 is 1.11 bits per heavy atom. The Labute approximate surface area is 173 Å². The van der Waals surface area contributed by atoms with Crippen LogP contribution in [0.2, 0.25) is 0 Å². The second-order valence-corrected chi connectivity index (χ2v) is 9.56. The first-order valence-electron chi connectivity index (χ1n) is 9.16. The summed E-state index contributed by atoms with van der Waals surface area (Å²) in [4.78, 5) is 14.6. The van der Waals surface area contributed by atoms with E-state index in [1.54, 1.807) is 27.4 Å². The van der Waals surface area contributed by atoms with Crippen molar-refractivity contribution in [3.05, 3.63) is 27.8 Å². The lowest BCUT2D eigenvalue weighted by Crippen LogP contribution is -2.51. The fraction of sp³-hybridized carbons (Fsp3) is 0.588. The topological polar surface area (TPSA) is 93.3 Å². The lowest BCUT2D eigenvalue weighted by molar-refractivity contribution is -0.133. The quantitative estimate of drug-likeness (QED) is 0.653. The van der Waals surface area contributed by atoms with Crippen LogP contribution >= 0.6 is 15.9 Å². The molecule has 3 rings (SSSR count). The van der Waals surface area contributed by atoms with Crippen molar-refractivity contribution in [3.63, 3.8) is 0 Å². The van der Waals surface area contributed by atoms with Gasteiger partial charge in [-0.3, -0.25) is 14.2 Å². The smallest absolute Gasteiger partial charge is 0.246 e. The zero-order valence-electron chi connectivity index (χ0n) is 16.5. The van der Waals surface area contributed by atoms with Crippen LogP contribution < -0.4 is 0 Å². The summed E-state index contributed by atoms with van der Waals surface area (Å²) in [6.45, 7) is 9.41. The van der Waals surface area contributed by atoms with Crippen molar-refractivity contribution in [2.45, 2.75) is 45.7 Å². The van der Waals surface area contributed by atoms with Crippen LogP contribution in [0.1, 0.15) is 24.0 Å². The van der Waals surface area contributed by atoms with Gasteiger partial charge < -0.3 is 4.90 Å². The zero-order chi connectivity index (χ0) is 20.6. The molecule has 1 aliphatic rings. The minimum Gasteiger partial charge on any atom is -0.338 e. The van der Waals surface area contributed by atoms with Crippen LogP contribution in [0.4, 0.5) is 0 Å². The molecule has 1 saturated heterocycles. The first kappa shape index (κ1) is 21.0. The molecule has 1 fully saturated rings. The number of piperazine rings is 1. The van der Waals surface area contributed by atoms with Crippen LogP contribution in [0.3, 0.4) is 0 Å². The van der Waals surface area contributed by atoms with E-state index in [2.05, 4.69) is 26.1 Å². The van der Waals surface area contributed by atoms with Crippen molar-refractivity contribution in [3.8, 4) is 0 Å². The van der Waals surface area contributed by atoms with E-state index in [1.165, 1.54) is 4.31 Å². The second kappa shape index (κ2) is 7.96. The molecule has 2 aromatic heterocycles. The number of sulfonamides is 1. The number of carbonyl (C=O) groups is 1. The SMILES string of the molecule is CCn1cc(S(=O)(=O)N2CCN(C(=O)Cn3nc(C)c(Br)c3C)CC2)c(C)n1. The molecule has 0 spiro atoms. The van der Waals surface area contributed by atoms with Gasteiger partial charge in [0, 0.05) is 38.9 Å². The molecule has 0 atom stereocenters. The second-order valence-electron chi connectivity index (χ2n) is 6.86. The minimum absolute atomic E-state index is 0.0647. The number of amides is 1. The zero-order valence-corrected chi connectivity index (χ0v) is 18.9. The lowest BCUT2D eigenvalue weighted by Gasteiger charge is -2.34. The van der Waals surface area contributed by atoms with E-state index in [-0.39, 0.29) is 30.4 Å². The van der Waals surface area contributed by atoms with E-state index in [0.29, 0.717) is 25.3 Å². The molecule has 9 nitrogen and oxygen atoms in total. The third-order valence-electron chi connectivity index (χ3n) is 5.01. The summed E-state index contributed by atoms with van der Waals surface area (Å²) < 4.78 is 31.5. The molecular formula is C17H25BrN6O3S.